The molecule has 304 valence electrons. The maximum atomic E-state index is 2.36. The van der Waals surface area contributed by atoms with Crippen LogP contribution in [0.15, 0.2) is 243 Å². The van der Waals surface area contributed by atoms with Gasteiger partial charge in [0, 0.05) is 16.5 Å². The van der Waals surface area contributed by atoms with Crippen molar-refractivity contribution in [2.45, 2.75) is 34.6 Å². The van der Waals surface area contributed by atoms with Gasteiger partial charge in [-0.1, -0.05) is 229 Å². The number of allylic oxidation sites excluding steroid dienone is 2. The summed E-state index contributed by atoms with van der Waals surface area (Å²) in [6.07, 6.45) is 4.00. The minimum absolute atomic E-state index is 1.19. The van der Waals surface area contributed by atoms with E-state index in [1.54, 1.807) is 0 Å². The molecule has 0 radical (unpaired) electrons. The zero-order valence-corrected chi connectivity index (χ0v) is 36.5. The molecule has 9 aromatic carbocycles. The average Bonchev–Trinajstić information content (AvgIpc) is 3.67. The van der Waals surface area contributed by atoms with E-state index in [-0.39, 0.29) is 0 Å². The summed E-state index contributed by atoms with van der Waals surface area (Å²) >= 11 is 0. The summed E-state index contributed by atoms with van der Waals surface area (Å²) < 4.78 is 2.36. The third-order valence-electron chi connectivity index (χ3n) is 10.9. The van der Waals surface area contributed by atoms with Crippen LogP contribution < -0.4 is 0 Å². The molecule has 0 unspecified atom stereocenters. The molecule has 10 aromatic rings. The highest BCUT2D eigenvalue weighted by Crippen LogP contribution is 2.35. The Morgan fingerprint density at radius 2 is 0.581 bits per heavy atom. The normalized spacial score (nSPS) is 10.6. The van der Waals surface area contributed by atoms with E-state index >= 15 is 0 Å². The first-order chi connectivity index (χ1) is 30.4. The Balaban J connectivity index is 0.000000158. The molecule has 0 N–H and O–H groups in total. The van der Waals surface area contributed by atoms with E-state index in [0.29, 0.717) is 0 Å². The Bertz CT molecular complexity index is 2840. The molecule has 62 heavy (non-hydrogen) atoms. The van der Waals surface area contributed by atoms with Gasteiger partial charge in [-0.15, -0.1) is 0 Å². The van der Waals surface area contributed by atoms with Crippen LogP contribution in [-0.2, 0) is 0 Å². The minimum Gasteiger partial charge on any atom is -0.309 e. The van der Waals surface area contributed by atoms with E-state index in [4.69, 9.17) is 0 Å². The van der Waals surface area contributed by atoms with E-state index in [9.17, 15) is 0 Å². The molecule has 0 aliphatic heterocycles. The highest BCUT2D eigenvalue weighted by molar-refractivity contribution is 6.10. The van der Waals surface area contributed by atoms with E-state index in [2.05, 4.69) is 244 Å². The molecule has 0 fully saturated rings. The van der Waals surface area contributed by atoms with Crippen molar-refractivity contribution in [3.8, 4) is 50.2 Å². The van der Waals surface area contributed by atoms with Crippen molar-refractivity contribution in [1.82, 2.24) is 4.57 Å². The lowest BCUT2D eigenvalue weighted by Gasteiger charge is -2.08. The van der Waals surface area contributed by atoms with Crippen molar-refractivity contribution >= 4 is 21.8 Å². The fourth-order valence-corrected chi connectivity index (χ4v) is 7.36. The van der Waals surface area contributed by atoms with Gasteiger partial charge in [-0.05, 0) is 109 Å². The van der Waals surface area contributed by atoms with Crippen LogP contribution in [0.4, 0.5) is 0 Å². The molecular weight excluding hydrogens is 747 g/mol. The molecular formula is C61H55N. The van der Waals surface area contributed by atoms with Crippen molar-refractivity contribution in [2.75, 3.05) is 0 Å². The Hall–Kier alpha value is -7.48. The van der Waals surface area contributed by atoms with E-state index < -0.39 is 0 Å². The van der Waals surface area contributed by atoms with E-state index in [1.807, 2.05) is 38.1 Å². The molecule has 0 spiro atoms. The number of hydrogen-bond donors (Lipinski definition) is 0. The van der Waals surface area contributed by atoms with Crippen LogP contribution in [0.25, 0.3) is 72.0 Å². The summed E-state index contributed by atoms with van der Waals surface area (Å²) in [7, 11) is 0. The predicted molar refractivity (Wildman–Crippen MR) is 270 cm³/mol. The Morgan fingerprint density at radius 3 is 1.00 bits per heavy atom. The van der Waals surface area contributed by atoms with Crippen LogP contribution >= 0.6 is 0 Å². The topological polar surface area (TPSA) is 4.93 Å². The zero-order valence-electron chi connectivity index (χ0n) is 36.5. The van der Waals surface area contributed by atoms with E-state index in [0.717, 1.165) is 0 Å². The summed E-state index contributed by atoms with van der Waals surface area (Å²) in [6, 6.07) is 81.8. The molecule has 10 rings (SSSR count). The van der Waals surface area contributed by atoms with Gasteiger partial charge in [0.2, 0.25) is 0 Å². The molecule has 1 heterocycles. The van der Waals surface area contributed by atoms with Crippen molar-refractivity contribution < 1.29 is 0 Å². The number of hydrogen-bond acceptors (Lipinski definition) is 0. The van der Waals surface area contributed by atoms with Gasteiger partial charge < -0.3 is 4.57 Å². The zero-order chi connectivity index (χ0) is 43.1. The Morgan fingerprint density at radius 1 is 0.274 bits per heavy atom. The molecule has 0 bridgehead atoms. The highest BCUT2D eigenvalue weighted by atomic mass is 15.0. The number of aromatic nitrogens is 1. The van der Waals surface area contributed by atoms with Crippen LogP contribution in [-0.4, -0.2) is 4.57 Å². The summed E-state index contributed by atoms with van der Waals surface area (Å²) in [5.74, 6) is 0. The quantitative estimate of drug-likeness (QED) is 0.153. The van der Waals surface area contributed by atoms with Gasteiger partial charge in [-0.3, -0.25) is 0 Å². The van der Waals surface area contributed by atoms with Gasteiger partial charge in [0.05, 0.1) is 11.0 Å². The van der Waals surface area contributed by atoms with Gasteiger partial charge in [0.25, 0.3) is 0 Å². The standard InChI is InChI=1S/C31H23N.2C13H12.C4H8/c1-22-11-13-23(14-12-22)24-15-17-25(18-16-24)26-19-20-31-29(21-26)28-9-5-6-10-30(28)32(31)27-7-3-2-4-8-27;2*1-11-7-9-13(10-8-11)12-5-3-2-4-6-12;1-3-4-2/h2-21H,1H3;2*2-10H,1H3;3-4H,1-2H3/b;;;4-3-. The SMILES string of the molecule is C/C=C\C.Cc1ccc(-c2ccc(-c3ccc4c(c3)c3ccccc3n4-c3ccccc3)cc2)cc1.Cc1ccc(-c2ccccc2)cc1.Cc1ccc(-c2ccccc2)cc1. The Kier molecular flexibility index (Phi) is 14.6. The van der Waals surface area contributed by atoms with Gasteiger partial charge in [0.1, 0.15) is 0 Å². The molecule has 0 aliphatic rings. The third-order valence-corrected chi connectivity index (χ3v) is 10.9. The average molecular weight is 802 g/mol. The van der Waals surface area contributed by atoms with Crippen molar-refractivity contribution in [2.24, 2.45) is 0 Å². The van der Waals surface area contributed by atoms with Crippen molar-refractivity contribution in [3.63, 3.8) is 0 Å². The lowest BCUT2D eigenvalue weighted by Crippen LogP contribution is -1.92. The molecule has 1 aromatic heterocycles. The van der Waals surface area contributed by atoms with Gasteiger partial charge in [-0.2, -0.15) is 0 Å². The van der Waals surface area contributed by atoms with Gasteiger partial charge in [-0.25, -0.2) is 0 Å². The number of para-hydroxylation sites is 2. The second kappa shape index (κ2) is 21.2. The van der Waals surface area contributed by atoms with Crippen molar-refractivity contribution in [1.29, 1.82) is 0 Å². The van der Waals surface area contributed by atoms with E-state index in [1.165, 1.54) is 88.7 Å². The molecule has 0 saturated heterocycles. The van der Waals surface area contributed by atoms with Crippen LogP contribution in [0.5, 0.6) is 0 Å². The fourth-order valence-electron chi connectivity index (χ4n) is 7.36. The highest BCUT2D eigenvalue weighted by Gasteiger charge is 2.13. The van der Waals surface area contributed by atoms with Crippen LogP contribution in [0.3, 0.4) is 0 Å². The molecule has 1 nitrogen and oxygen atoms in total. The first-order valence-corrected chi connectivity index (χ1v) is 21.5. The number of nitrogens with zero attached hydrogens (tertiary/aromatic N) is 1. The summed E-state index contributed by atoms with van der Waals surface area (Å²) in [5, 5.41) is 2.56. The molecule has 0 amide bonds. The molecule has 1 heteroatoms. The lowest BCUT2D eigenvalue weighted by molar-refractivity contribution is 1.18. The molecule has 0 aliphatic carbocycles. The third kappa shape index (κ3) is 10.8. The maximum absolute atomic E-state index is 2.36. The first kappa shape index (κ1) is 42.6. The smallest absolute Gasteiger partial charge is 0.0541 e. The summed E-state index contributed by atoms with van der Waals surface area (Å²) in [4.78, 5) is 0. The molecule has 0 atom stereocenters. The number of fused-ring (bicyclic) bond motifs is 3. The monoisotopic (exact) mass is 801 g/mol. The second-order valence-electron chi connectivity index (χ2n) is 15.5. The van der Waals surface area contributed by atoms with Gasteiger partial charge in [0.15, 0.2) is 0 Å². The maximum Gasteiger partial charge on any atom is 0.0541 e. The number of aryl methyl sites for hydroxylation is 3. The largest absolute Gasteiger partial charge is 0.309 e. The van der Waals surface area contributed by atoms with Crippen LogP contribution in [0.1, 0.15) is 30.5 Å². The van der Waals surface area contributed by atoms with Crippen LogP contribution in [0.2, 0.25) is 0 Å². The van der Waals surface area contributed by atoms with Crippen molar-refractivity contribution in [3.05, 3.63) is 259 Å². The Labute approximate surface area is 368 Å². The summed E-state index contributed by atoms with van der Waals surface area (Å²) in [6.45, 7) is 10.3. The first-order valence-electron chi connectivity index (χ1n) is 21.5. The second-order valence-corrected chi connectivity index (χ2v) is 15.5. The predicted octanol–water partition coefficient (Wildman–Crippen LogP) is 17.3. The van der Waals surface area contributed by atoms with Crippen LogP contribution in [0, 0.1) is 20.8 Å². The minimum atomic E-state index is 1.19. The lowest BCUT2D eigenvalue weighted by atomic mass is 9.98. The molecule has 0 saturated carbocycles. The number of rotatable bonds is 5. The summed E-state index contributed by atoms with van der Waals surface area (Å²) in [5.41, 5.74) is 17.7. The fraction of sp³-hybridized carbons (Fsp3) is 0.0820. The number of benzene rings is 9. The van der Waals surface area contributed by atoms with Gasteiger partial charge >= 0.3 is 0 Å².